The number of rotatable bonds is 11. The smallest absolute Gasteiger partial charge is 0.410 e. The molecule has 1 saturated heterocycles. The number of carbonyl (C=O) groups is 2. The van der Waals surface area contributed by atoms with Crippen molar-refractivity contribution in [3.8, 4) is 16.5 Å². The average molecular weight is 658 g/mol. The first-order valence-electron chi connectivity index (χ1n) is 15.1. The molecule has 5 rings (SSSR count). The van der Waals surface area contributed by atoms with Crippen LogP contribution in [-0.4, -0.2) is 75.3 Å². The van der Waals surface area contributed by atoms with Crippen LogP contribution >= 0.6 is 11.3 Å². The third kappa shape index (κ3) is 8.66. The number of aromatic nitrogens is 4. The van der Waals surface area contributed by atoms with Crippen LogP contribution in [0.3, 0.4) is 0 Å². The molecule has 0 aromatic carbocycles. The van der Waals surface area contributed by atoms with Gasteiger partial charge in [0.05, 0.1) is 46.6 Å². The highest BCUT2D eigenvalue weighted by Crippen LogP contribution is 2.32. The van der Waals surface area contributed by atoms with Crippen molar-refractivity contribution in [3.05, 3.63) is 47.6 Å². The lowest BCUT2D eigenvalue weighted by atomic mass is 9.94. The van der Waals surface area contributed by atoms with E-state index in [2.05, 4.69) is 30.0 Å². The van der Waals surface area contributed by atoms with Crippen LogP contribution in [0.5, 0.6) is 5.88 Å². The Morgan fingerprint density at radius 1 is 1.13 bits per heavy atom. The van der Waals surface area contributed by atoms with Crippen molar-refractivity contribution in [2.75, 3.05) is 17.9 Å². The van der Waals surface area contributed by atoms with E-state index < -0.39 is 38.9 Å². The van der Waals surface area contributed by atoms with Crippen molar-refractivity contribution in [2.45, 2.75) is 89.2 Å². The van der Waals surface area contributed by atoms with E-state index in [1.165, 1.54) is 12.4 Å². The number of anilines is 1. The first-order valence-corrected chi connectivity index (χ1v) is 17.5. The van der Waals surface area contributed by atoms with Gasteiger partial charge in [-0.1, -0.05) is 0 Å². The summed E-state index contributed by atoms with van der Waals surface area (Å²) < 4.78 is 39.1. The zero-order valence-corrected chi connectivity index (χ0v) is 27.5. The molecule has 15 heteroatoms. The largest absolute Gasteiger partial charge is 0.477 e. The molecular formula is C30H39N7O6S2. The monoisotopic (exact) mass is 657 g/mol. The van der Waals surface area contributed by atoms with E-state index in [0.29, 0.717) is 60.2 Å². The van der Waals surface area contributed by atoms with E-state index in [-0.39, 0.29) is 11.0 Å². The van der Waals surface area contributed by atoms with Gasteiger partial charge in [-0.15, -0.1) is 11.3 Å². The number of likely N-dealkylation sites (tertiary alicyclic amines) is 1. The second-order valence-electron chi connectivity index (χ2n) is 12.1. The molecule has 0 radical (unpaired) electrons. The van der Waals surface area contributed by atoms with Crippen LogP contribution in [0.25, 0.3) is 10.6 Å². The van der Waals surface area contributed by atoms with E-state index in [1.807, 2.05) is 27.7 Å². The Balaban J connectivity index is 1.40. The highest BCUT2D eigenvalue weighted by Gasteiger charge is 2.36. The molecule has 242 valence electrons. The van der Waals surface area contributed by atoms with Crippen LogP contribution in [0.15, 0.2) is 36.9 Å². The molecule has 3 aromatic rings. The zero-order chi connectivity index (χ0) is 32.2. The normalized spacial score (nSPS) is 17.8. The van der Waals surface area contributed by atoms with Crippen LogP contribution in [0.1, 0.15) is 87.8 Å². The summed E-state index contributed by atoms with van der Waals surface area (Å²) >= 11 is 1.16. The molecule has 0 unspecified atom stereocenters. The van der Waals surface area contributed by atoms with Crippen LogP contribution in [0.2, 0.25) is 0 Å². The van der Waals surface area contributed by atoms with Crippen molar-refractivity contribution < 1.29 is 27.5 Å². The zero-order valence-electron chi connectivity index (χ0n) is 25.9. The number of carbonyl (C=O) groups excluding carboxylic acids is 2. The maximum atomic E-state index is 13.6. The molecule has 13 nitrogen and oxygen atoms in total. The maximum Gasteiger partial charge on any atom is 0.410 e. The number of hydrogen-bond donors (Lipinski definition) is 2. The molecule has 1 aliphatic carbocycles. The number of pyridine rings is 1. The van der Waals surface area contributed by atoms with Gasteiger partial charge in [-0.25, -0.2) is 23.2 Å². The van der Waals surface area contributed by atoms with Crippen LogP contribution in [0, 0.1) is 0 Å². The number of thiazole rings is 1. The van der Waals surface area contributed by atoms with Gasteiger partial charge in [0.15, 0.2) is 5.01 Å². The summed E-state index contributed by atoms with van der Waals surface area (Å²) in [4.78, 5) is 46.6. The number of nitrogens with one attached hydrogen (secondary N) is 2. The fraction of sp³-hybridized carbons (Fsp3) is 0.533. The Hall–Kier alpha value is -3.85. The lowest BCUT2D eigenvalue weighted by Gasteiger charge is -2.38. The lowest BCUT2D eigenvalue weighted by molar-refractivity contribution is 0.00767. The molecule has 2 N–H and O–H groups in total. The number of piperidine rings is 1. The van der Waals surface area contributed by atoms with Gasteiger partial charge >= 0.3 is 6.09 Å². The van der Waals surface area contributed by atoms with Crippen molar-refractivity contribution in [1.29, 1.82) is 0 Å². The van der Waals surface area contributed by atoms with Gasteiger partial charge in [-0.3, -0.25) is 19.5 Å². The number of ether oxygens (including phenoxy) is 2. The molecule has 2 atom stereocenters. The van der Waals surface area contributed by atoms with Crippen LogP contribution < -0.4 is 14.8 Å². The van der Waals surface area contributed by atoms with Gasteiger partial charge in [-0.05, 0) is 78.4 Å². The molecule has 1 aliphatic heterocycles. The first kappa shape index (κ1) is 32.5. The fourth-order valence-electron chi connectivity index (χ4n) is 5.06. The van der Waals surface area contributed by atoms with Gasteiger partial charge < -0.3 is 19.7 Å². The molecule has 1 saturated carbocycles. The molecule has 45 heavy (non-hydrogen) atoms. The molecule has 0 bridgehead atoms. The summed E-state index contributed by atoms with van der Waals surface area (Å²) in [5.41, 5.74) is 0.696. The summed E-state index contributed by atoms with van der Waals surface area (Å²) in [6.45, 7) is 8.31. The van der Waals surface area contributed by atoms with Crippen molar-refractivity contribution in [1.82, 2.24) is 30.2 Å². The predicted molar refractivity (Wildman–Crippen MR) is 170 cm³/mol. The standard InChI is InChI=1S/C30H39N7O6S2/c1-5-42-26-18-31-16-24(34-26)25-17-33-28(44-25)27(38)35-23(15-20-8-6-7-13-37(20)29(39)43-30(2,3)4)22-14-19(11-12-32-22)36-45(40,41)21-9-10-21/h11-12,14,16-18,20-21,23H,5-10,13,15H2,1-4H3,(H,32,36)(H,35,38)/t20-,23-/m1/s1. The minimum atomic E-state index is -3.51. The quantitative estimate of drug-likeness (QED) is 0.288. The molecule has 4 heterocycles. The van der Waals surface area contributed by atoms with E-state index >= 15 is 0 Å². The molecule has 2 aliphatic rings. The van der Waals surface area contributed by atoms with Gasteiger partial charge in [0, 0.05) is 25.0 Å². The molecule has 0 spiro atoms. The van der Waals surface area contributed by atoms with Gasteiger partial charge in [0.2, 0.25) is 15.9 Å². The summed E-state index contributed by atoms with van der Waals surface area (Å²) in [6, 6.07) is 2.31. The van der Waals surface area contributed by atoms with Crippen LogP contribution in [0.4, 0.5) is 10.5 Å². The Morgan fingerprint density at radius 2 is 1.93 bits per heavy atom. The number of amides is 2. The van der Waals surface area contributed by atoms with Crippen molar-refractivity contribution >= 4 is 39.0 Å². The van der Waals surface area contributed by atoms with Gasteiger partial charge in [0.1, 0.15) is 11.3 Å². The topological polar surface area (TPSA) is 166 Å². The minimum Gasteiger partial charge on any atom is -0.477 e. The van der Waals surface area contributed by atoms with Crippen molar-refractivity contribution in [2.24, 2.45) is 0 Å². The third-order valence-electron chi connectivity index (χ3n) is 7.29. The summed E-state index contributed by atoms with van der Waals surface area (Å²) in [5.74, 6) is -0.0599. The molecule has 3 aromatic heterocycles. The number of hydrogen-bond acceptors (Lipinski definition) is 11. The Kier molecular flexibility index (Phi) is 9.87. The molecule has 2 amide bonds. The third-order valence-corrected chi connectivity index (χ3v) is 10.2. The summed E-state index contributed by atoms with van der Waals surface area (Å²) in [5, 5.41) is 2.87. The summed E-state index contributed by atoms with van der Waals surface area (Å²) in [7, 11) is -3.51. The Bertz CT molecular complexity index is 1620. The van der Waals surface area contributed by atoms with Gasteiger partial charge in [-0.2, -0.15) is 0 Å². The summed E-state index contributed by atoms with van der Waals surface area (Å²) in [6.07, 6.45) is 9.84. The average Bonchev–Trinajstić information content (AvgIpc) is 3.74. The minimum absolute atomic E-state index is 0.205. The first-order chi connectivity index (χ1) is 21.4. The van der Waals surface area contributed by atoms with E-state index in [4.69, 9.17) is 9.47 Å². The predicted octanol–water partition coefficient (Wildman–Crippen LogP) is 4.95. The van der Waals surface area contributed by atoms with E-state index in [9.17, 15) is 18.0 Å². The van der Waals surface area contributed by atoms with E-state index in [1.54, 1.807) is 29.4 Å². The second kappa shape index (κ2) is 13.6. The Labute approximate surface area is 267 Å². The molecule has 2 fully saturated rings. The molecular weight excluding hydrogens is 619 g/mol. The second-order valence-corrected chi connectivity index (χ2v) is 15.1. The van der Waals surface area contributed by atoms with E-state index in [0.717, 1.165) is 30.6 Å². The Morgan fingerprint density at radius 3 is 2.67 bits per heavy atom. The van der Waals surface area contributed by atoms with Gasteiger partial charge in [0.25, 0.3) is 5.91 Å². The van der Waals surface area contributed by atoms with Crippen LogP contribution in [-0.2, 0) is 14.8 Å². The fourth-order valence-corrected chi connectivity index (χ4v) is 7.21. The highest BCUT2D eigenvalue weighted by atomic mass is 32.2. The number of nitrogens with zero attached hydrogens (tertiary/aromatic N) is 5. The SMILES string of the molecule is CCOc1cncc(-c2cnc(C(=O)N[C@H](C[C@H]3CCCCN3C(=O)OC(C)(C)C)c3cc(NS(=O)(=O)C4CC4)ccn3)s2)n1. The lowest BCUT2D eigenvalue weighted by Crippen LogP contribution is -2.47. The number of sulfonamides is 1. The maximum absolute atomic E-state index is 13.6. The van der Waals surface area contributed by atoms with Crippen molar-refractivity contribution in [3.63, 3.8) is 0 Å². The highest BCUT2D eigenvalue weighted by molar-refractivity contribution is 7.93.